The Morgan fingerprint density at radius 1 is 1.08 bits per heavy atom. The summed E-state index contributed by atoms with van der Waals surface area (Å²) in [6.07, 6.45) is 0. The first kappa shape index (κ1) is 16.7. The average molecular weight is 386 g/mol. The molecule has 1 aromatic heterocycles. The molecule has 0 fully saturated rings. The van der Waals surface area contributed by atoms with Crippen molar-refractivity contribution in [3.05, 3.63) is 69.1 Å². The Balaban J connectivity index is 1.65. The topological polar surface area (TPSA) is 29.1 Å². The second kappa shape index (κ2) is 6.52. The van der Waals surface area contributed by atoms with E-state index in [4.69, 9.17) is 11.6 Å². The van der Waals surface area contributed by atoms with E-state index in [2.05, 4.69) is 11.4 Å². The number of anilines is 1. The lowest BCUT2D eigenvalue weighted by Crippen LogP contribution is -2.10. The molecule has 0 saturated heterocycles. The molecule has 1 amide bonds. The molecule has 25 heavy (non-hydrogen) atoms. The van der Waals surface area contributed by atoms with Crippen molar-refractivity contribution in [1.29, 1.82) is 0 Å². The van der Waals surface area contributed by atoms with Crippen LogP contribution < -0.4 is 5.32 Å². The van der Waals surface area contributed by atoms with Crippen LogP contribution in [0.4, 0.5) is 5.69 Å². The summed E-state index contributed by atoms with van der Waals surface area (Å²) in [5, 5.41) is 3.77. The average Bonchev–Trinajstić information content (AvgIpc) is 2.98. The molecule has 2 heterocycles. The summed E-state index contributed by atoms with van der Waals surface area (Å²) in [7, 11) is 0. The molecule has 0 atom stereocenters. The van der Waals surface area contributed by atoms with Crippen LogP contribution in [0.2, 0.25) is 5.02 Å². The number of carbonyl (C=O) groups is 1. The summed E-state index contributed by atoms with van der Waals surface area (Å²) in [6, 6.07) is 14.0. The molecule has 126 valence electrons. The van der Waals surface area contributed by atoms with E-state index in [1.165, 1.54) is 20.9 Å². The number of aryl methyl sites for hydroxylation is 2. The Labute approximate surface area is 160 Å². The van der Waals surface area contributed by atoms with Crippen molar-refractivity contribution < 1.29 is 4.79 Å². The van der Waals surface area contributed by atoms with Gasteiger partial charge in [-0.25, -0.2) is 0 Å². The van der Waals surface area contributed by atoms with E-state index >= 15 is 0 Å². The maximum absolute atomic E-state index is 12.7. The molecule has 0 aliphatic carbocycles. The number of fused-ring (bicyclic) bond motifs is 3. The van der Waals surface area contributed by atoms with E-state index in [0.29, 0.717) is 0 Å². The van der Waals surface area contributed by atoms with Crippen LogP contribution >= 0.6 is 34.7 Å². The van der Waals surface area contributed by atoms with Crippen LogP contribution in [0.1, 0.15) is 26.4 Å². The summed E-state index contributed by atoms with van der Waals surface area (Å²) < 4.78 is 0. The third kappa shape index (κ3) is 3.34. The third-order valence-electron chi connectivity index (χ3n) is 4.08. The van der Waals surface area contributed by atoms with E-state index in [-0.39, 0.29) is 5.91 Å². The number of thiophene rings is 1. The SMILES string of the molecule is Cc1cc(C)cc(NC(=O)c2cc3c(s2)-c2ccc(Cl)cc2SC3)c1. The van der Waals surface area contributed by atoms with E-state index in [0.717, 1.165) is 32.5 Å². The van der Waals surface area contributed by atoms with Gasteiger partial charge < -0.3 is 5.32 Å². The summed E-state index contributed by atoms with van der Waals surface area (Å²) in [4.78, 5) is 15.8. The minimum atomic E-state index is -0.0510. The lowest BCUT2D eigenvalue weighted by molar-refractivity contribution is 0.103. The van der Waals surface area contributed by atoms with Gasteiger partial charge in [0.05, 0.1) is 4.88 Å². The predicted octanol–water partition coefficient (Wildman–Crippen LogP) is 6.54. The number of benzene rings is 2. The number of nitrogens with one attached hydrogen (secondary N) is 1. The van der Waals surface area contributed by atoms with Gasteiger partial charge in [0.2, 0.25) is 0 Å². The van der Waals surface area contributed by atoms with Crippen LogP contribution in [0.15, 0.2) is 47.4 Å². The van der Waals surface area contributed by atoms with Gasteiger partial charge in [0.25, 0.3) is 5.91 Å². The minimum Gasteiger partial charge on any atom is -0.321 e. The standard InChI is InChI=1S/C20H16ClNOS2/c1-11-5-12(2)7-15(6-11)22-20(23)18-8-13-10-24-17-9-14(21)3-4-16(17)19(13)25-18/h3-9H,10H2,1-2H3,(H,22,23). The molecule has 1 N–H and O–H groups in total. The zero-order valence-corrected chi connectivity index (χ0v) is 16.2. The Bertz CT molecular complexity index is 973. The molecule has 0 unspecified atom stereocenters. The van der Waals surface area contributed by atoms with Gasteiger partial charge in [-0.3, -0.25) is 4.79 Å². The lowest BCUT2D eigenvalue weighted by atomic mass is 10.1. The molecule has 2 aromatic carbocycles. The molecular formula is C20H16ClNOS2. The normalized spacial score (nSPS) is 12.4. The zero-order chi connectivity index (χ0) is 17.6. The van der Waals surface area contributed by atoms with Gasteiger partial charge in [-0.1, -0.05) is 23.7 Å². The van der Waals surface area contributed by atoms with Gasteiger partial charge in [-0.05, 0) is 60.9 Å². The van der Waals surface area contributed by atoms with Crippen molar-refractivity contribution in [2.24, 2.45) is 0 Å². The highest BCUT2D eigenvalue weighted by Crippen LogP contribution is 2.46. The number of amides is 1. The van der Waals surface area contributed by atoms with Crippen molar-refractivity contribution in [2.75, 3.05) is 5.32 Å². The highest BCUT2D eigenvalue weighted by molar-refractivity contribution is 7.98. The molecule has 1 aliphatic heterocycles. The van der Waals surface area contributed by atoms with Gasteiger partial charge in [0, 0.05) is 31.8 Å². The number of thioether (sulfide) groups is 1. The number of rotatable bonds is 2. The van der Waals surface area contributed by atoms with Gasteiger partial charge in [-0.2, -0.15) is 0 Å². The summed E-state index contributed by atoms with van der Waals surface area (Å²) in [6.45, 7) is 4.07. The van der Waals surface area contributed by atoms with E-state index in [9.17, 15) is 4.79 Å². The fourth-order valence-electron chi connectivity index (χ4n) is 3.07. The van der Waals surface area contributed by atoms with Gasteiger partial charge >= 0.3 is 0 Å². The molecule has 0 saturated carbocycles. The van der Waals surface area contributed by atoms with E-state index in [1.807, 2.05) is 50.2 Å². The second-order valence-corrected chi connectivity index (χ2v) is 8.73. The van der Waals surface area contributed by atoms with E-state index in [1.54, 1.807) is 23.1 Å². The first-order valence-corrected chi connectivity index (χ1v) is 10.1. The van der Waals surface area contributed by atoms with Gasteiger partial charge in [-0.15, -0.1) is 23.1 Å². The highest BCUT2D eigenvalue weighted by atomic mass is 35.5. The fraction of sp³-hybridized carbons (Fsp3) is 0.150. The Kier molecular flexibility index (Phi) is 4.36. The first-order valence-electron chi connectivity index (χ1n) is 7.95. The fourth-order valence-corrected chi connectivity index (χ4v) is 5.66. The first-order chi connectivity index (χ1) is 12.0. The number of halogens is 1. The van der Waals surface area contributed by atoms with Crippen LogP contribution in [-0.2, 0) is 5.75 Å². The van der Waals surface area contributed by atoms with Gasteiger partial charge in [0.1, 0.15) is 0 Å². The quantitative estimate of drug-likeness (QED) is 0.542. The summed E-state index contributed by atoms with van der Waals surface area (Å²) in [5.74, 6) is 0.820. The zero-order valence-electron chi connectivity index (χ0n) is 13.9. The molecule has 0 radical (unpaired) electrons. The minimum absolute atomic E-state index is 0.0510. The third-order valence-corrected chi connectivity index (χ3v) is 6.63. The molecule has 3 aromatic rings. The Morgan fingerprint density at radius 2 is 1.84 bits per heavy atom. The van der Waals surface area contributed by atoms with Crippen LogP contribution in [0, 0.1) is 13.8 Å². The summed E-state index contributed by atoms with van der Waals surface area (Å²) in [5.41, 5.74) is 5.52. The van der Waals surface area contributed by atoms with Crippen LogP contribution in [-0.4, -0.2) is 5.91 Å². The number of hydrogen-bond acceptors (Lipinski definition) is 3. The second-order valence-electron chi connectivity index (χ2n) is 6.22. The Morgan fingerprint density at radius 3 is 2.60 bits per heavy atom. The molecule has 5 heteroatoms. The molecular weight excluding hydrogens is 370 g/mol. The maximum Gasteiger partial charge on any atom is 0.265 e. The van der Waals surface area contributed by atoms with Crippen molar-refractivity contribution in [3.63, 3.8) is 0 Å². The number of carbonyl (C=O) groups excluding carboxylic acids is 1. The monoisotopic (exact) mass is 385 g/mol. The van der Waals surface area contributed by atoms with Crippen molar-refractivity contribution in [1.82, 2.24) is 0 Å². The van der Waals surface area contributed by atoms with Crippen LogP contribution in [0.5, 0.6) is 0 Å². The van der Waals surface area contributed by atoms with Crippen molar-refractivity contribution in [3.8, 4) is 10.4 Å². The Hall–Kier alpha value is -1.75. The van der Waals surface area contributed by atoms with Crippen LogP contribution in [0.3, 0.4) is 0 Å². The largest absolute Gasteiger partial charge is 0.321 e. The molecule has 2 nitrogen and oxygen atoms in total. The molecule has 0 spiro atoms. The van der Waals surface area contributed by atoms with E-state index < -0.39 is 0 Å². The maximum atomic E-state index is 12.7. The lowest BCUT2D eigenvalue weighted by Gasteiger charge is -2.15. The van der Waals surface area contributed by atoms with Crippen LogP contribution in [0.25, 0.3) is 10.4 Å². The predicted molar refractivity (Wildman–Crippen MR) is 108 cm³/mol. The molecule has 0 bridgehead atoms. The van der Waals surface area contributed by atoms with Gasteiger partial charge in [0.15, 0.2) is 0 Å². The highest BCUT2D eigenvalue weighted by Gasteiger charge is 2.22. The summed E-state index contributed by atoms with van der Waals surface area (Å²) >= 11 is 9.42. The number of hydrogen-bond donors (Lipinski definition) is 1. The molecule has 1 aliphatic rings. The van der Waals surface area contributed by atoms with Crippen molar-refractivity contribution in [2.45, 2.75) is 24.5 Å². The van der Waals surface area contributed by atoms with Crippen molar-refractivity contribution >= 4 is 46.3 Å². The smallest absolute Gasteiger partial charge is 0.265 e. The molecule has 4 rings (SSSR count).